The Bertz CT molecular complexity index is 937. The van der Waals surface area contributed by atoms with Crippen molar-refractivity contribution in [3.8, 4) is 0 Å². The number of halogens is 1. The maximum atomic E-state index is 13.4. The number of carbonyl (C=O) groups is 1. The first-order valence-electron chi connectivity index (χ1n) is 8.85. The average Bonchev–Trinajstić information content (AvgIpc) is 3.32. The van der Waals surface area contributed by atoms with E-state index < -0.39 is 5.82 Å². The molecule has 3 aromatic rings. The molecular formula is C18H20FN7O. The van der Waals surface area contributed by atoms with Crippen molar-refractivity contribution in [3.63, 3.8) is 0 Å². The van der Waals surface area contributed by atoms with Gasteiger partial charge in [0.15, 0.2) is 5.82 Å². The first-order chi connectivity index (χ1) is 13.1. The number of pyridine rings is 1. The summed E-state index contributed by atoms with van der Waals surface area (Å²) < 4.78 is 17.3. The number of aromatic nitrogens is 6. The van der Waals surface area contributed by atoms with Gasteiger partial charge < -0.3 is 14.0 Å². The molecule has 0 saturated carbocycles. The SMILES string of the molecule is Cn1c(Cn2ccnc2)nnc1[C@H]1CCCN(C(=O)c2cncc(F)c2)C1. The molecule has 140 valence electrons. The number of likely N-dealkylation sites (tertiary alicyclic amines) is 1. The molecule has 27 heavy (non-hydrogen) atoms. The zero-order valence-corrected chi connectivity index (χ0v) is 15.0. The minimum atomic E-state index is -0.508. The molecule has 1 atom stereocenters. The Hall–Kier alpha value is -3.10. The van der Waals surface area contributed by atoms with E-state index in [-0.39, 0.29) is 17.4 Å². The molecule has 0 bridgehead atoms. The fraction of sp³-hybridized carbons (Fsp3) is 0.389. The predicted molar refractivity (Wildman–Crippen MR) is 94.4 cm³/mol. The third-order valence-electron chi connectivity index (χ3n) is 4.91. The van der Waals surface area contributed by atoms with Gasteiger partial charge in [-0.05, 0) is 18.9 Å². The summed E-state index contributed by atoms with van der Waals surface area (Å²) in [5.41, 5.74) is 0.273. The number of amides is 1. The van der Waals surface area contributed by atoms with E-state index in [4.69, 9.17) is 0 Å². The van der Waals surface area contributed by atoms with Crippen LogP contribution in [0.4, 0.5) is 4.39 Å². The average molecular weight is 369 g/mol. The summed E-state index contributed by atoms with van der Waals surface area (Å²) in [6.45, 7) is 1.77. The van der Waals surface area contributed by atoms with Crippen LogP contribution in [0, 0.1) is 5.82 Å². The van der Waals surface area contributed by atoms with E-state index in [0.717, 1.165) is 30.7 Å². The molecule has 1 amide bonds. The quantitative estimate of drug-likeness (QED) is 0.698. The van der Waals surface area contributed by atoms with Gasteiger partial charge in [0.05, 0.1) is 24.6 Å². The fourth-order valence-corrected chi connectivity index (χ4v) is 3.50. The molecule has 1 saturated heterocycles. The van der Waals surface area contributed by atoms with E-state index in [9.17, 15) is 9.18 Å². The summed E-state index contributed by atoms with van der Waals surface area (Å²) >= 11 is 0. The van der Waals surface area contributed by atoms with Crippen LogP contribution < -0.4 is 0 Å². The van der Waals surface area contributed by atoms with Crippen molar-refractivity contribution in [2.75, 3.05) is 13.1 Å². The monoisotopic (exact) mass is 369 g/mol. The van der Waals surface area contributed by atoms with Crippen LogP contribution in [-0.4, -0.2) is 53.2 Å². The van der Waals surface area contributed by atoms with Crippen molar-refractivity contribution in [1.29, 1.82) is 0 Å². The van der Waals surface area contributed by atoms with Gasteiger partial charge in [0.2, 0.25) is 0 Å². The largest absolute Gasteiger partial charge is 0.338 e. The summed E-state index contributed by atoms with van der Waals surface area (Å²) in [5, 5.41) is 8.68. The van der Waals surface area contributed by atoms with Crippen LogP contribution in [0.1, 0.15) is 40.8 Å². The second-order valence-electron chi connectivity index (χ2n) is 6.75. The van der Waals surface area contributed by atoms with E-state index in [1.54, 1.807) is 17.4 Å². The minimum absolute atomic E-state index is 0.0956. The van der Waals surface area contributed by atoms with Gasteiger partial charge in [-0.3, -0.25) is 9.78 Å². The fourth-order valence-electron chi connectivity index (χ4n) is 3.50. The highest BCUT2D eigenvalue weighted by Gasteiger charge is 2.29. The van der Waals surface area contributed by atoms with Gasteiger partial charge in [0, 0.05) is 44.6 Å². The second kappa shape index (κ2) is 7.26. The maximum Gasteiger partial charge on any atom is 0.255 e. The Morgan fingerprint density at radius 3 is 2.96 bits per heavy atom. The number of carbonyl (C=O) groups excluding carboxylic acids is 1. The zero-order valence-electron chi connectivity index (χ0n) is 15.0. The molecule has 3 aromatic heterocycles. The third kappa shape index (κ3) is 3.57. The van der Waals surface area contributed by atoms with Gasteiger partial charge >= 0.3 is 0 Å². The van der Waals surface area contributed by atoms with Crippen LogP contribution in [-0.2, 0) is 13.6 Å². The van der Waals surface area contributed by atoms with E-state index >= 15 is 0 Å². The van der Waals surface area contributed by atoms with E-state index in [0.29, 0.717) is 19.6 Å². The van der Waals surface area contributed by atoms with Crippen LogP contribution in [0.2, 0.25) is 0 Å². The van der Waals surface area contributed by atoms with E-state index in [1.807, 2.05) is 22.4 Å². The zero-order chi connectivity index (χ0) is 18.8. The van der Waals surface area contributed by atoms with Gasteiger partial charge in [-0.15, -0.1) is 10.2 Å². The molecule has 9 heteroatoms. The van der Waals surface area contributed by atoms with Gasteiger partial charge in [0.25, 0.3) is 5.91 Å². The Morgan fingerprint density at radius 1 is 1.30 bits per heavy atom. The molecule has 4 heterocycles. The highest BCUT2D eigenvalue weighted by Crippen LogP contribution is 2.27. The van der Waals surface area contributed by atoms with Crippen LogP contribution in [0.3, 0.4) is 0 Å². The summed E-state index contributed by atoms with van der Waals surface area (Å²) in [5.74, 6) is 1.08. The molecule has 0 N–H and O–H groups in total. The number of rotatable bonds is 4. The molecule has 8 nitrogen and oxygen atoms in total. The number of nitrogens with zero attached hydrogens (tertiary/aromatic N) is 7. The van der Waals surface area contributed by atoms with Crippen LogP contribution in [0.25, 0.3) is 0 Å². The molecule has 4 rings (SSSR count). The Labute approximate surface area is 155 Å². The van der Waals surface area contributed by atoms with Gasteiger partial charge in [-0.2, -0.15) is 0 Å². The van der Waals surface area contributed by atoms with Crippen molar-refractivity contribution >= 4 is 5.91 Å². The molecule has 0 aromatic carbocycles. The lowest BCUT2D eigenvalue weighted by Crippen LogP contribution is -2.39. The summed E-state index contributed by atoms with van der Waals surface area (Å²) in [7, 11) is 1.94. The molecule has 1 fully saturated rings. The molecule has 0 aliphatic carbocycles. The van der Waals surface area contributed by atoms with Gasteiger partial charge in [0.1, 0.15) is 11.6 Å². The lowest BCUT2D eigenvalue weighted by molar-refractivity contribution is 0.0702. The number of piperidine rings is 1. The van der Waals surface area contributed by atoms with Crippen molar-refractivity contribution < 1.29 is 9.18 Å². The number of hydrogen-bond acceptors (Lipinski definition) is 5. The lowest BCUT2D eigenvalue weighted by Gasteiger charge is -2.32. The maximum absolute atomic E-state index is 13.4. The number of imidazole rings is 1. The summed E-state index contributed by atoms with van der Waals surface area (Å²) in [6.07, 6.45) is 9.64. The molecular weight excluding hydrogens is 349 g/mol. The topological polar surface area (TPSA) is 81.7 Å². The first-order valence-corrected chi connectivity index (χ1v) is 8.85. The second-order valence-corrected chi connectivity index (χ2v) is 6.75. The van der Waals surface area contributed by atoms with Crippen LogP contribution >= 0.6 is 0 Å². The highest BCUT2D eigenvalue weighted by atomic mass is 19.1. The predicted octanol–water partition coefficient (Wildman–Crippen LogP) is 1.61. The van der Waals surface area contributed by atoms with Crippen LogP contribution in [0.5, 0.6) is 0 Å². The third-order valence-corrected chi connectivity index (χ3v) is 4.91. The lowest BCUT2D eigenvalue weighted by atomic mass is 9.96. The van der Waals surface area contributed by atoms with E-state index in [1.165, 1.54) is 12.3 Å². The van der Waals surface area contributed by atoms with Crippen molar-refractivity contribution in [2.45, 2.75) is 25.3 Å². The minimum Gasteiger partial charge on any atom is -0.338 e. The summed E-state index contributed by atoms with van der Waals surface area (Å²) in [6, 6.07) is 1.23. The van der Waals surface area contributed by atoms with Crippen molar-refractivity contribution in [1.82, 2.24) is 34.2 Å². The number of hydrogen-bond donors (Lipinski definition) is 0. The van der Waals surface area contributed by atoms with Crippen molar-refractivity contribution in [3.05, 3.63) is 60.2 Å². The Kier molecular flexibility index (Phi) is 4.66. The highest BCUT2D eigenvalue weighted by molar-refractivity contribution is 5.94. The molecule has 0 unspecified atom stereocenters. The molecule has 0 spiro atoms. The summed E-state index contributed by atoms with van der Waals surface area (Å²) in [4.78, 5) is 22.3. The van der Waals surface area contributed by atoms with Gasteiger partial charge in [-0.25, -0.2) is 9.37 Å². The standard InChI is InChI=1S/C18H20FN7O/c1-24-16(11-25-6-4-20-12-25)22-23-17(24)13-3-2-5-26(10-13)18(27)14-7-15(19)9-21-8-14/h4,6-9,12-13H,2-3,5,10-11H2,1H3/t13-/m0/s1. The van der Waals surface area contributed by atoms with Crippen molar-refractivity contribution in [2.24, 2.45) is 7.05 Å². The normalized spacial score (nSPS) is 17.3. The van der Waals surface area contributed by atoms with Crippen LogP contribution in [0.15, 0.2) is 37.2 Å². The first kappa shape index (κ1) is 17.3. The molecule has 1 aliphatic rings. The molecule has 1 aliphatic heterocycles. The Balaban J connectivity index is 1.50. The Morgan fingerprint density at radius 2 is 2.19 bits per heavy atom. The molecule has 0 radical (unpaired) electrons. The smallest absolute Gasteiger partial charge is 0.255 e. The van der Waals surface area contributed by atoms with E-state index in [2.05, 4.69) is 20.2 Å². The van der Waals surface area contributed by atoms with Gasteiger partial charge in [-0.1, -0.05) is 0 Å².